The lowest BCUT2D eigenvalue weighted by Crippen LogP contribution is -2.21. The first kappa shape index (κ1) is 15.7. The molecule has 0 bridgehead atoms. The molecule has 2 saturated carbocycles. The standard InChI is InChI=1S/C23H29N/c1-17(18-9-11-21(12-10-18)19-5-3-6-19)24(2)23-15-13-22(14-16-23)20-7-4-8-20/h9-17,19-20H,3-8H2,1-2H3. The average Bonchev–Trinajstić information content (AvgIpc) is 2.52. The van der Waals surface area contributed by atoms with Crippen LogP contribution in [-0.4, -0.2) is 7.05 Å². The molecule has 0 aromatic heterocycles. The van der Waals surface area contributed by atoms with E-state index in [1.807, 2.05) is 0 Å². The average molecular weight is 319 g/mol. The monoisotopic (exact) mass is 319 g/mol. The van der Waals surface area contributed by atoms with Gasteiger partial charge in [0.05, 0.1) is 6.04 Å². The van der Waals surface area contributed by atoms with Gasteiger partial charge in [0.15, 0.2) is 0 Å². The van der Waals surface area contributed by atoms with Crippen LogP contribution in [0, 0.1) is 0 Å². The third-order valence-electron chi connectivity index (χ3n) is 6.45. The molecule has 2 aliphatic rings. The van der Waals surface area contributed by atoms with E-state index < -0.39 is 0 Å². The zero-order chi connectivity index (χ0) is 16.5. The minimum absolute atomic E-state index is 0.398. The van der Waals surface area contributed by atoms with Gasteiger partial charge < -0.3 is 4.90 Å². The predicted octanol–water partition coefficient (Wildman–Crippen LogP) is 6.42. The van der Waals surface area contributed by atoms with Crippen LogP contribution in [0.2, 0.25) is 0 Å². The van der Waals surface area contributed by atoms with E-state index in [2.05, 4.69) is 67.4 Å². The fraction of sp³-hybridized carbons (Fsp3) is 0.478. The minimum Gasteiger partial charge on any atom is -0.368 e. The molecule has 0 N–H and O–H groups in total. The van der Waals surface area contributed by atoms with Gasteiger partial charge in [-0.25, -0.2) is 0 Å². The Hall–Kier alpha value is -1.76. The van der Waals surface area contributed by atoms with E-state index in [0.29, 0.717) is 6.04 Å². The van der Waals surface area contributed by atoms with Gasteiger partial charge in [0.2, 0.25) is 0 Å². The van der Waals surface area contributed by atoms with Gasteiger partial charge in [-0.3, -0.25) is 0 Å². The molecule has 0 spiro atoms. The second-order valence-corrected chi connectivity index (χ2v) is 7.80. The van der Waals surface area contributed by atoms with E-state index in [0.717, 1.165) is 11.8 Å². The Balaban J connectivity index is 1.45. The molecular formula is C23H29N. The molecule has 4 rings (SSSR count). The highest BCUT2D eigenvalue weighted by Crippen LogP contribution is 2.38. The van der Waals surface area contributed by atoms with E-state index in [1.165, 1.54) is 60.9 Å². The van der Waals surface area contributed by atoms with Crippen LogP contribution in [0.4, 0.5) is 5.69 Å². The van der Waals surface area contributed by atoms with Crippen LogP contribution in [0.1, 0.15) is 80.0 Å². The summed E-state index contributed by atoms with van der Waals surface area (Å²) in [5.74, 6) is 1.65. The van der Waals surface area contributed by atoms with Gasteiger partial charge in [-0.1, -0.05) is 49.2 Å². The molecule has 2 aromatic rings. The van der Waals surface area contributed by atoms with Crippen LogP contribution in [-0.2, 0) is 0 Å². The van der Waals surface area contributed by atoms with Gasteiger partial charge in [-0.15, -0.1) is 0 Å². The lowest BCUT2D eigenvalue weighted by atomic mass is 9.80. The van der Waals surface area contributed by atoms with Crippen molar-refractivity contribution < 1.29 is 0 Å². The normalized spacial score (nSPS) is 19.4. The molecular weight excluding hydrogens is 290 g/mol. The fourth-order valence-corrected chi connectivity index (χ4v) is 3.96. The topological polar surface area (TPSA) is 3.24 Å². The minimum atomic E-state index is 0.398. The first-order valence-electron chi connectivity index (χ1n) is 9.65. The molecule has 2 fully saturated rings. The summed E-state index contributed by atoms with van der Waals surface area (Å²) in [5, 5.41) is 0. The summed E-state index contributed by atoms with van der Waals surface area (Å²) in [5.41, 5.74) is 5.78. The van der Waals surface area contributed by atoms with Crippen LogP contribution in [0.25, 0.3) is 0 Å². The van der Waals surface area contributed by atoms with Crippen molar-refractivity contribution in [3.63, 3.8) is 0 Å². The summed E-state index contributed by atoms with van der Waals surface area (Å²) in [6.07, 6.45) is 8.31. The Morgan fingerprint density at radius 2 is 1.21 bits per heavy atom. The Morgan fingerprint density at radius 3 is 1.62 bits per heavy atom. The van der Waals surface area contributed by atoms with Crippen molar-refractivity contribution in [2.24, 2.45) is 0 Å². The fourth-order valence-electron chi connectivity index (χ4n) is 3.96. The molecule has 0 saturated heterocycles. The highest BCUT2D eigenvalue weighted by molar-refractivity contribution is 5.50. The third kappa shape index (κ3) is 2.97. The molecule has 0 aliphatic heterocycles. The highest BCUT2D eigenvalue weighted by atomic mass is 15.1. The smallest absolute Gasteiger partial charge is 0.0511 e. The maximum atomic E-state index is 2.39. The number of hydrogen-bond donors (Lipinski definition) is 0. The van der Waals surface area contributed by atoms with E-state index in [4.69, 9.17) is 0 Å². The zero-order valence-corrected chi connectivity index (χ0v) is 15.0. The molecule has 2 aliphatic carbocycles. The maximum Gasteiger partial charge on any atom is 0.0511 e. The van der Waals surface area contributed by atoms with Crippen molar-refractivity contribution in [3.8, 4) is 0 Å². The summed E-state index contributed by atoms with van der Waals surface area (Å²) < 4.78 is 0. The van der Waals surface area contributed by atoms with Gasteiger partial charge in [-0.05, 0) is 73.3 Å². The molecule has 1 unspecified atom stereocenters. The van der Waals surface area contributed by atoms with Crippen molar-refractivity contribution in [3.05, 3.63) is 65.2 Å². The third-order valence-corrected chi connectivity index (χ3v) is 6.45. The lowest BCUT2D eigenvalue weighted by Gasteiger charge is -2.30. The number of nitrogens with zero attached hydrogens (tertiary/aromatic N) is 1. The molecule has 0 heterocycles. The van der Waals surface area contributed by atoms with E-state index in [9.17, 15) is 0 Å². The summed E-state index contributed by atoms with van der Waals surface area (Å²) >= 11 is 0. The number of hydrogen-bond acceptors (Lipinski definition) is 1. The van der Waals surface area contributed by atoms with Crippen LogP contribution in [0.15, 0.2) is 48.5 Å². The SMILES string of the molecule is CC(c1ccc(C2CCC2)cc1)N(C)c1ccc(C2CCC2)cc1. The van der Waals surface area contributed by atoms with Crippen molar-refractivity contribution in [1.29, 1.82) is 0 Å². The Kier molecular flexibility index (Phi) is 4.35. The number of rotatable bonds is 5. The first-order chi connectivity index (χ1) is 11.7. The van der Waals surface area contributed by atoms with Crippen molar-refractivity contribution >= 4 is 5.69 Å². The van der Waals surface area contributed by atoms with Gasteiger partial charge >= 0.3 is 0 Å². The Morgan fingerprint density at radius 1 is 0.750 bits per heavy atom. The van der Waals surface area contributed by atoms with Gasteiger partial charge in [0, 0.05) is 12.7 Å². The molecule has 1 heteroatoms. The Bertz CT molecular complexity index is 601. The Labute approximate surface area is 146 Å². The van der Waals surface area contributed by atoms with Crippen molar-refractivity contribution in [2.75, 3.05) is 11.9 Å². The van der Waals surface area contributed by atoms with Gasteiger partial charge in [0.1, 0.15) is 0 Å². The summed E-state index contributed by atoms with van der Waals surface area (Å²) in [4.78, 5) is 2.39. The predicted molar refractivity (Wildman–Crippen MR) is 103 cm³/mol. The van der Waals surface area contributed by atoms with Gasteiger partial charge in [0.25, 0.3) is 0 Å². The lowest BCUT2D eigenvalue weighted by molar-refractivity contribution is 0.419. The molecule has 1 nitrogen and oxygen atoms in total. The quantitative estimate of drug-likeness (QED) is 0.614. The zero-order valence-electron chi connectivity index (χ0n) is 15.0. The molecule has 126 valence electrons. The summed E-state index contributed by atoms with van der Waals surface area (Å²) in [7, 11) is 2.21. The summed E-state index contributed by atoms with van der Waals surface area (Å²) in [6, 6.07) is 19.0. The van der Waals surface area contributed by atoms with Crippen molar-refractivity contribution in [1.82, 2.24) is 0 Å². The van der Waals surface area contributed by atoms with Crippen LogP contribution in [0.3, 0.4) is 0 Å². The van der Waals surface area contributed by atoms with Crippen molar-refractivity contribution in [2.45, 2.75) is 63.3 Å². The number of benzene rings is 2. The largest absolute Gasteiger partial charge is 0.368 e. The van der Waals surface area contributed by atoms with Crippen LogP contribution >= 0.6 is 0 Å². The molecule has 24 heavy (non-hydrogen) atoms. The maximum absolute atomic E-state index is 2.39. The first-order valence-corrected chi connectivity index (χ1v) is 9.65. The van der Waals surface area contributed by atoms with Crippen LogP contribution < -0.4 is 4.90 Å². The number of anilines is 1. The second kappa shape index (κ2) is 6.63. The van der Waals surface area contributed by atoms with E-state index >= 15 is 0 Å². The van der Waals surface area contributed by atoms with Gasteiger partial charge in [-0.2, -0.15) is 0 Å². The molecule has 2 aromatic carbocycles. The molecule has 0 amide bonds. The highest BCUT2D eigenvalue weighted by Gasteiger charge is 2.21. The van der Waals surface area contributed by atoms with E-state index in [-0.39, 0.29) is 0 Å². The molecule has 1 atom stereocenters. The van der Waals surface area contributed by atoms with Crippen LogP contribution in [0.5, 0.6) is 0 Å². The molecule has 0 radical (unpaired) electrons. The second-order valence-electron chi connectivity index (χ2n) is 7.80. The van der Waals surface area contributed by atoms with E-state index in [1.54, 1.807) is 0 Å². The summed E-state index contributed by atoms with van der Waals surface area (Å²) in [6.45, 7) is 2.30.